The smallest absolute Gasteiger partial charge is 0.111 e. The maximum Gasteiger partial charge on any atom is 0.111 e. The average molecular weight is 201 g/mol. The second-order valence-electron chi connectivity index (χ2n) is 4.29. The predicted molar refractivity (Wildman–Crippen MR) is 61.6 cm³/mol. The second-order valence-corrected chi connectivity index (χ2v) is 4.29. The fourth-order valence-electron chi connectivity index (χ4n) is 1.89. The Kier molecular flexibility index (Phi) is 2.62. The van der Waals surface area contributed by atoms with Crippen molar-refractivity contribution in [3.63, 3.8) is 0 Å². The number of rotatable bonds is 1. The topological polar surface area (TPSA) is 37.1 Å². The molecule has 0 aromatic rings. The molecule has 1 aliphatic heterocycles. The highest BCUT2D eigenvalue weighted by Gasteiger charge is 2.20. The lowest BCUT2D eigenvalue weighted by Crippen LogP contribution is -2.12. The summed E-state index contributed by atoms with van der Waals surface area (Å²) in [4.78, 5) is 0. The van der Waals surface area contributed by atoms with E-state index in [1.165, 1.54) is 11.1 Å². The van der Waals surface area contributed by atoms with Gasteiger partial charge < -0.3 is 0 Å². The number of allylic oxidation sites excluding steroid dienone is 6. The highest BCUT2D eigenvalue weighted by atomic mass is 15.4. The van der Waals surface area contributed by atoms with Gasteiger partial charge in [-0.15, -0.1) is 10.2 Å². The summed E-state index contributed by atoms with van der Waals surface area (Å²) in [6.07, 6.45) is 8.31. The summed E-state index contributed by atoms with van der Waals surface area (Å²) in [7, 11) is 0. The van der Waals surface area contributed by atoms with E-state index in [4.69, 9.17) is 0 Å². The standard InChI is InChI=1S/C12H15N3/c1-8(2)10-5-4-9(3)6-11(10)12-7-13-15-14-12/h4-8,10H,1-3H3. The summed E-state index contributed by atoms with van der Waals surface area (Å²) in [5.41, 5.74) is 3.39. The first-order valence-electron chi connectivity index (χ1n) is 5.23. The van der Waals surface area contributed by atoms with Crippen molar-refractivity contribution in [1.29, 1.82) is 0 Å². The molecule has 15 heavy (non-hydrogen) atoms. The molecule has 1 heterocycles. The van der Waals surface area contributed by atoms with Gasteiger partial charge in [-0.2, -0.15) is 0 Å². The van der Waals surface area contributed by atoms with Gasteiger partial charge in [0.2, 0.25) is 0 Å². The van der Waals surface area contributed by atoms with Crippen LogP contribution in [0.4, 0.5) is 0 Å². The van der Waals surface area contributed by atoms with Gasteiger partial charge >= 0.3 is 0 Å². The minimum Gasteiger partial charge on any atom is -0.136 e. The van der Waals surface area contributed by atoms with Crippen LogP contribution in [0.15, 0.2) is 50.5 Å². The van der Waals surface area contributed by atoms with Crippen molar-refractivity contribution in [2.24, 2.45) is 27.3 Å². The van der Waals surface area contributed by atoms with Crippen LogP contribution in [0.3, 0.4) is 0 Å². The van der Waals surface area contributed by atoms with E-state index in [0.717, 1.165) is 5.70 Å². The molecular weight excluding hydrogens is 186 g/mol. The van der Waals surface area contributed by atoms with E-state index in [2.05, 4.69) is 54.4 Å². The lowest BCUT2D eigenvalue weighted by atomic mass is 9.82. The van der Waals surface area contributed by atoms with Gasteiger partial charge in [0.1, 0.15) is 5.70 Å². The van der Waals surface area contributed by atoms with Gasteiger partial charge in [-0.1, -0.05) is 37.6 Å². The first-order chi connectivity index (χ1) is 7.18. The Morgan fingerprint density at radius 3 is 2.73 bits per heavy atom. The van der Waals surface area contributed by atoms with Crippen LogP contribution in [-0.2, 0) is 0 Å². The Morgan fingerprint density at radius 1 is 1.33 bits per heavy atom. The van der Waals surface area contributed by atoms with E-state index in [1.807, 2.05) is 0 Å². The Balaban J connectivity index is 2.43. The predicted octanol–water partition coefficient (Wildman–Crippen LogP) is 3.48. The molecule has 0 aromatic heterocycles. The molecule has 0 bridgehead atoms. The van der Waals surface area contributed by atoms with E-state index in [1.54, 1.807) is 6.21 Å². The summed E-state index contributed by atoms with van der Waals surface area (Å²) < 4.78 is 0. The zero-order chi connectivity index (χ0) is 10.8. The minimum absolute atomic E-state index is 0.423. The highest BCUT2D eigenvalue weighted by Crippen LogP contribution is 2.31. The Bertz CT molecular complexity index is 395. The maximum absolute atomic E-state index is 4.03. The average Bonchev–Trinajstić information content (AvgIpc) is 2.69. The zero-order valence-electron chi connectivity index (χ0n) is 9.31. The van der Waals surface area contributed by atoms with Gasteiger partial charge in [0.05, 0.1) is 6.21 Å². The zero-order valence-corrected chi connectivity index (χ0v) is 9.31. The van der Waals surface area contributed by atoms with Crippen LogP contribution in [0.1, 0.15) is 20.8 Å². The van der Waals surface area contributed by atoms with Crippen LogP contribution in [0.5, 0.6) is 0 Å². The lowest BCUT2D eigenvalue weighted by Gasteiger charge is -2.22. The maximum atomic E-state index is 4.03. The van der Waals surface area contributed by atoms with Gasteiger partial charge in [0.15, 0.2) is 0 Å². The molecule has 3 nitrogen and oxygen atoms in total. The largest absolute Gasteiger partial charge is 0.136 e. The van der Waals surface area contributed by atoms with Crippen LogP contribution in [0.2, 0.25) is 0 Å². The monoisotopic (exact) mass is 201 g/mol. The second kappa shape index (κ2) is 3.93. The molecule has 0 fully saturated rings. The normalized spacial score (nSPS) is 29.1. The molecule has 1 unspecified atom stereocenters. The fraction of sp³-hybridized carbons (Fsp3) is 0.417. The summed E-state index contributed by atoms with van der Waals surface area (Å²) in [5, 5.41) is 11.5. The van der Waals surface area contributed by atoms with Crippen LogP contribution >= 0.6 is 0 Å². The van der Waals surface area contributed by atoms with Crippen molar-refractivity contribution in [3.8, 4) is 0 Å². The summed E-state index contributed by atoms with van der Waals surface area (Å²) >= 11 is 0. The highest BCUT2D eigenvalue weighted by molar-refractivity contribution is 5.81. The van der Waals surface area contributed by atoms with Crippen LogP contribution < -0.4 is 0 Å². The van der Waals surface area contributed by atoms with E-state index in [9.17, 15) is 0 Å². The third-order valence-electron chi connectivity index (χ3n) is 2.71. The van der Waals surface area contributed by atoms with Gasteiger partial charge in [-0.3, -0.25) is 0 Å². The van der Waals surface area contributed by atoms with Crippen molar-refractivity contribution < 1.29 is 0 Å². The van der Waals surface area contributed by atoms with Gasteiger partial charge in [-0.25, -0.2) is 0 Å². The lowest BCUT2D eigenvalue weighted by molar-refractivity contribution is 0.529. The molecule has 0 radical (unpaired) electrons. The molecule has 2 aliphatic rings. The summed E-state index contributed by atoms with van der Waals surface area (Å²) in [5.74, 6) is 0.990. The third kappa shape index (κ3) is 1.96. The van der Waals surface area contributed by atoms with Crippen LogP contribution in [0, 0.1) is 11.8 Å². The van der Waals surface area contributed by atoms with E-state index < -0.39 is 0 Å². The molecule has 1 aliphatic carbocycles. The number of hydrogen-bond acceptors (Lipinski definition) is 3. The first kappa shape index (κ1) is 10.0. The molecule has 0 N–H and O–H groups in total. The van der Waals surface area contributed by atoms with Crippen molar-refractivity contribution in [2.45, 2.75) is 20.8 Å². The number of hydrogen-bond donors (Lipinski definition) is 0. The Labute approximate surface area is 90.0 Å². The SMILES string of the molecule is CC1=CC(=C2C=NN=N2)C(C(C)C)C=C1. The molecule has 3 heteroatoms. The molecule has 0 amide bonds. The van der Waals surface area contributed by atoms with Crippen molar-refractivity contribution in [3.05, 3.63) is 35.1 Å². The molecule has 0 spiro atoms. The molecule has 2 rings (SSSR count). The van der Waals surface area contributed by atoms with E-state index in [-0.39, 0.29) is 0 Å². The molecular formula is C12H15N3. The summed E-state index contributed by atoms with van der Waals surface area (Å²) in [6, 6.07) is 0. The molecule has 1 atom stereocenters. The summed E-state index contributed by atoms with van der Waals surface area (Å²) in [6.45, 7) is 6.53. The third-order valence-corrected chi connectivity index (χ3v) is 2.71. The van der Waals surface area contributed by atoms with Crippen molar-refractivity contribution in [2.75, 3.05) is 0 Å². The van der Waals surface area contributed by atoms with Gasteiger partial charge in [-0.05, 0) is 23.6 Å². The van der Waals surface area contributed by atoms with Crippen LogP contribution in [-0.4, -0.2) is 6.21 Å². The molecule has 78 valence electrons. The van der Waals surface area contributed by atoms with Gasteiger partial charge in [0.25, 0.3) is 0 Å². The fourth-order valence-corrected chi connectivity index (χ4v) is 1.89. The quantitative estimate of drug-likeness (QED) is 0.623. The van der Waals surface area contributed by atoms with Crippen molar-refractivity contribution in [1.82, 2.24) is 0 Å². The van der Waals surface area contributed by atoms with E-state index >= 15 is 0 Å². The van der Waals surface area contributed by atoms with Gasteiger partial charge in [0, 0.05) is 5.92 Å². The number of nitrogens with zero attached hydrogens (tertiary/aromatic N) is 3. The molecule has 0 aromatic carbocycles. The van der Waals surface area contributed by atoms with Crippen LogP contribution in [0.25, 0.3) is 0 Å². The molecule has 0 saturated heterocycles. The minimum atomic E-state index is 0.423. The van der Waals surface area contributed by atoms with E-state index in [0.29, 0.717) is 11.8 Å². The first-order valence-corrected chi connectivity index (χ1v) is 5.23. The Hall–Kier alpha value is -1.51. The Morgan fingerprint density at radius 2 is 2.13 bits per heavy atom. The van der Waals surface area contributed by atoms with Crippen molar-refractivity contribution >= 4 is 6.21 Å². The molecule has 0 saturated carbocycles.